The summed E-state index contributed by atoms with van der Waals surface area (Å²) in [6, 6.07) is 8.51. The predicted molar refractivity (Wildman–Crippen MR) is 70.8 cm³/mol. The van der Waals surface area contributed by atoms with Gasteiger partial charge in [0, 0.05) is 11.5 Å². The molecule has 0 saturated carbocycles. The summed E-state index contributed by atoms with van der Waals surface area (Å²) in [5, 5.41) is 4.30. The number of benzene rings is 1. The minimum absolute atomic E-state index is 0.0802. The monoisotopic (exact) mass is 265 g/mol. The first kappa shape index (κ1) is 11.0. The van der Waals surface area contributed by atoms with Gasteiger partial charge in [-0.05, 0) is 24.5 Å². The van der Waals surface area contributed by atoms with Crippen LogP contribution < -0.4 is 5.32 Å². The molecule has 0 amide bonds. The molecular weight excluding hydrogens is 254 g/mol. The van der Waals surface area contributed by atoms with Gasteiger partial charge in [-0.15, -0.1) is 11.6 Å². The van der Waals surface area contributed by atoms with E-state index >= 15 is 0 Å². The standard InChI is InChI=1S/C12H12ClN3S/c1-7-14-12(17-16-7)15-11-9-5-3-2-4-8(9)6-10(11)13/h2-5,10-11H,6H2,1H3,(H,14,15,16). The molecule has 0 fully saturated rings. The van der Waals surface area contributed by atoms with Crippen molar-refractivity contribution < 1.29 is 0 Å². The zero-order valence-electron chi connectivity index (χ0n) is 9.35. The Balaban J connectivity index is 1.88. The molecule has 3 rings (SSSR count). The molecular formula is C12H12ClN3S. The number of nitrogens with zero attached hydrogens (tertiary/aromatic N) is 2. The number of aromatic nitrogens is 2. The van der Waals surface area contributed by atoms with E-state index in [1.807, 2.05) is 13.0 Å². The summed E-state index contributed by atoms with van der Waals surface area (Å²) >= 11 is 7.78. The van der Waals surface area contributed by atoms with E-state index in [4.69, 9.17) is 11.6 Å². The quantitative estimate of drug-likeness (QED) is 0.848. The Labute approximate surface area is 109 Å². The number of rotatable bonds is 2. The van der Waals surface area contributed by atoms with Crippen LogP contribution in [-0.2, 0) is 6.42 Å². The normalized spacial score (nSPS) is 22.5. The number of fused-ring (bicyclic) bond motifs is 1. The number of alkyl halides is 1. The van der Waals surface area contributed by atoms with Crippen molar-refractivity contribution in [2.75, 3.05) is 5.32 Å². The smallest absolute Gasteiger partial charge is 0.203 e. The fourth-order valence-corrected chi connectivity index (χ4v) is 3.18. The lowest BCUT2D eigenvalue weighted by atomic mass is 10.1. The Morgan fingerprint density at radius 1 is 1.41 bits per heavy atom. The molecule has 0 radical (unpaired) electrons. The second kappa shape index (κ2) is 4.27. The molecule has 88 valence electrons. The van der Waals surface area contributed by atoms with Crippen LogP contribution in [0.15, 0.2) is 24.3 Å². The highest BCUT2D eigenvalue weighted by Gasteiger charge is 2.31. The lowest BCUT2D eigenvalue weighted by molar-refractivity contribution is 0.770. The number of aryl methyl sites for hydroxylation is 1. The van der Waals surface area contributed by atoms with Gasteiger partial charge in [-0.25, -0.2) is 4.98 Å². The van der Waals surface area contributed by atoms with Crippen LogP contribution in [-0.4, -0.2) is 14.7 Å². The maximum absolute atomic E-state index is 6.39. The van der Waals surface area contributed by atoms with Gasteiger partial charge in [0.2, 0.25) is 5.13 Å². The second-order valence-electron chi connectivity index (χ2n) is 4.19. The van der Waals surface area contributed by atoms with E-state index in [1.54, 1.807) is 0 Å². The summed E-state index contributed by atoms with van der Waals surface area (Å²) in [4.78, 5) is 4.32. The van der Waals surface area contributed by atoms with Gasteiger partial charge in [0.1, 0.15) is 5.82 Å². The van der Waals surface area contributed by atoms with E-state index in [0.29, 0.717) is 0 Å². The van der Waals surface area contributed by atoms with E-state index < -0.39 is 0 Å². The molecule has 0 spiro atoms. The van der Waals surface area contributed by atoms with Crippen molar-refractivity contribution in [1.82, 2.24) is 9.36 Å². The van der Waals surface area contributed by atoms with Gasteiger partial charge in [-0.3, -0.25) is 0 Å². The zero-order valence-corrected chi connectivity index (χ0v) is 10.9. The van der Waals surface area contributed by atoms with Crippen molar-refractivity contribution >= 4 is 28.3 Å². The summed E-state index contributed by atoms with van der Waals surface area (Å²) in [7, 11) is 0. The molecule has 1 aromatic carbocycles. The third-order valence-corrected chi connectivity index (χ3v) is 4.12. The zero-order chi connectivity index (χ0) is 11.8. The highest BCUT2D eigenvalue weighted by Crippen LogP contribution is 2.37. The maximum Gasteiger partial charge on any atom is 0.203 e. The fourth-order valence-electron chi connectivity index (χ4n) is 2.20. The van der Waals surface area contributed by atoms with Crippen LogP contribution >= 0.6 is 23.1 Å². The number of halogens is 1. The SMILES string of the molecule is Cc1nsc(NC2c3ccccc3CC2Cl)n1. The Hall–Kier alpha value is -1.13. The van der Waals surface area contributed by atoms with Crippen molar-refractivity contribution in [1.29, 1.82) is 0 Å². The largest absolute Gasteiger partial charge is 0.352 e. The summed E-state index contributed by atoms with van der Waals surface area (Å²) in [6.07, 6.45) is 0.910. The molecule has 2 aromatic rings. The van der Waals surface area contributed by atoms with Crippen LogP contribution in [0.25, 0.3) is 0 Å². The van der Waals surface area contributed by atoms with Crippen LogP contribution in [0.2, 0.25) is 0 Å². The molecule has 0 bridgehead atoms. The van der Waals surface area contributed by atoms with E-state index in [-0.39, 0.29) is 11.4 Å². The van der Waals surface area contributed by atoms with Gasteiger partial charge < -0.3 is 5.32 Å². The molecule has 5 heteroatoms. The number of anilines is 1. The molecule has 1 aliphatic carbocycles. The summed E-state index contributed by atoms with van der Waals surface area (Å²) < 4.78 is 4.16. The van der Waals surface area contributed by atoms with Crippen LogP contribution in [0.5, 0.6) is 0 Å². The summed E-state index contributed by atoms with van der Waals surface area (Å²) in [5.74, 6) is 0.801. The van der Waals surface area contributed by atoms with Crippen molar-refractivity contribution in [2.45, 2.75) is 24.8 Å². The average molecular weight is 266 g/mol. The van der Waals surface area contributed by atoms with E-state index in [0.717, 1.165) is 17.4 Å². The van der Waals surface area contributed by atoms with Crippen molar-refractivity contribution in [3.8, 4) is 0 Å². The first-order chi connectivity index (χ1) is 8.24. The van der Waals surface area contributed by atoms with Crippen LogP contribution in [0, 0.1) is 6.92 Å². The molecule has 1 aliphatic rings. The molecule has 3 nitrogen and oxygen atoms in total. The van der Waals surface area contributed by atoms with E-state index in [9.17, 15) is 0 Å². The summed E-state index contributed by atoms with van der Waals surface area (Å²) in [6.45, 7) is 1.89. The lowest BCUT2D eigenvalue weighted by Crippen LogP contribution is -2.16. The molecule has 17 heavy (non-hydrogen) atoms. The van der Waals surface area contributed by atoms with Crippen molar-refractivity contribution in [3.05, 3.63) is 41.2 Å². The highest BCUT2D eigenvalue weighted by molar-refractivity contribution is 7.09. The number of nitrogens with one attached hydrogen (secondary N) is 1. The Morgan fingerprint density at radius 2 is 2.24 bits per heavy atom. The third-order valence-electron chi connectivity index (χ3n) is 2.97. The van der Waals surface area contributed by atoms with Crippen LogP contribution in [0.3, 0.4) is 0 Å². The molecule has 2 atom stereocenters. The Morgan fingerprint density at radius 3 is 3.00 bits per heavy atom. The molecule has 2 unspecified atom stereocenters. The van der Waals surface area contributed by atoms with Crippen molar-refractivity contribution in [3.63, 3.8) is 0 Å². The molecule has 0 aliphatic heterocycles. The number of hydrogen-bond acceptors (Lipinski definition) is 4. The predicted octanol–water partition coefficient (Wildman–Crippen LogP) is 3.16. The first-order valence-electron chi connectivity index (χ1n) is 5.53. The van der Waals surface area contributed by atoms with Crippen LogP contribution in [0.1, 0.15) is 23.0 Å². The fraction of sp³-hybridized carbons (Fsp3) is 0.333. The number of hydrogen-bond donors (Lipinski definition) is 1. The molecule has 0 saturated heterocycles. The van der Waals surface area contributed by atoms with Gasteiger partial charge in [0.15, 0.2) is 0 Å². The van der Waals surface area contributed by atoms with E-state index in [2.05, 4.69) is 32.9 Å². The second-order valence-corrected chi connectivity index (χ2v) is 5.50. The highest BCUT2D eigenvalue weighted by atomic mass is 35.5. The van der Waals surface area contributed by atoms with E-state index in [1.165, 1.54) is 22.7 Å². The average Bonchev–Trinajstić information content (AvgIpc) is 2.85. The van der Waals surface area contributed by atoms with Crippen molar-refractivity contribution in [2.24, 2.45) is 0 Å². The lowest BCUT2D eigenvalue weighted by Gasteiger charge is -2.16. The maximum atomic E-state index is 6.39. The molecule has 1 heterocycles. The minimum Gasteiger partial charge on any atom is -0.352 e. The van der Waals surface area contributed by atoms with Gasteiger partial charge in [0.05, 0.1) is 11.4 Å². The Kier molecular flexibility index (Phi) is 2.76. The van der Waals surface area contributed by atoms with Gasteiger partial charge in [-0.2, -0.15) is 4.37 Å². The van der Waals surface area contributed by atoms with Gasteiger partial charge in [-0.1, -0.05) is 24.3 Å². The Bertz CT molecular complexity index is 540. The third kappa shape index (κ3) is 2.03. The minimum atomic E-state index is 0.0802. The van der Waals surface area contributed by atoms with Gasteiger partial charge >= 0.3 is 0 Å². The molecule has 1 aromatic heterocycles. The van der Waals surface area contributed by atoms with Crippen LogP contribution in [0.4, 0.5) is 5.13 Å². The molecule has 1 N–H and O–H groups in total. The topological polar surface area (TPSA) is 37.8 Å². The summed E-state index contributed by atoms with van der Waals surface area (Å²) in [5.41, 5.74) is 2.60. The van der Waals surface area contributed by atoms with Gasteiger partial charge in [0.25, 0.3) is 0 Å². The first-order valence-corrected chi connectivity index (χ1v) is 6.74.